The predicted octanol–water partition coefficient (Wildman–Crippen LogP) is 8.17. The van der Waals surface area contributed by atoms with Crippen LogP contribution in [0.2, 0.25) is 5.02 Å². The van der Waals surface area contributed by atoms with Gasteiger partial charge in [0.25, 0.3) is 11.7 Å². The first-order valence-corrected chi connectivity index (χ1v) is 11.0. The number of nitrogens with one attached hydrogen (secondary N) is 1. The van der Waals surface area contributed by atoms with Crippen molar-refractivity contribution in [3.05, 3.63) is 64.8 Å². The Morgan fingerprint density at radius 2 is 1.74 bits per heavy atom. The van der Waals surface area contributed by atoms with Gasteiger partial charge in [0, 0.05) is 27.6 Å². The van der Waals surface area contributed by atoms with Crippen molar-refractivity contribution < 1.29 is 39.9 Å². The van der Waals surface area contributed by atoms with Crippen LogP contribution in [0.3, 0.4) is 0 Å². The molecule has 1 aromatic heterocycles. The Labute approximate surface area is 204 Å². The minimum Gasteiger partial charge on any atom is -0.320 e. The summed E-state index contributed by atoms with van der Waals surface area (Å²) in [7, 11) is 0. The fourth-order valence-electron chi connectivity index (χ4n) is 2.97. The third-order valence-corrected chi connectivity index (χ3v) is 6.15. The van der Waals surface area contributed by atoms with Crippen molar-refractivity contribution in [2.24, 2.45) is 0 Å². The molecule has 1 atom stereocenters. The van der Waals surface area contributed by atoms with Crippen LogP contribution in [-0.4, -0.2) is 27.7 Å². The molecule has 3 nitrogen and oxygen atoms in total. The Bertz CT molecular complexity index is 1220. The standard InChI is InChI=1S/C20H10BrClF8N2OS/c21-19(26,27)18(25,20(28,29)30)11-7-12(22)15(14(8-11)34-17(23)24)32-16(33)10-4-3-9-2-1-5-31-13(9)6-10/h1-8,17H,(H,32,33). The van der Waals surface area contributed by atoms with Gasteiger partial charge in [-0.2, -0.15) is 30.7 Å². The van der Waals surface area contributed by atoms with Gasteiger partial charge in [-0.15, -0.1) is 0 Å². The third-order valence-electron chi connectivity index (χ3n) is 4.56. The summed E-state index contributed by atoms with van der Waals surface area (Å²) in [6, 6.07) is 7.95. The molecular formula is C20H10BrClF8N2OS. The predicted molar refractivity (Wildman–Crippen MR) is 116 cm³/mol. The zero-order valence-corrected chi connectivity index (χ0v) is 19.4. The molecule has 182 valence electrons. The van der Waals surface area contributed by atoms with Crippen molar-refractivity contribution in [2.75, 3.05) is 5.32 Å². The van der Waals surface area contributed by atoms with Crippen LogP contribution in [0.5, 0.6) is 0 Å². The maximum absolute atomic E-state index is 14.8. The molecular weight excluding hydrogens is 584 g/mol. The summed E-state index contributed by atoms with van der Waals surface area (Å²) < 4.78 is 108. The average Bonchev–Trinajstić information content (AvgIpc) is 2.72. The molecule has 1 heterocycles. The second-order valence-electron chi connectivity index (χ2n) is 6.73. The van der Waals surface area contributed by atoms with E-state index in [1.165, 1.54) is 40.3 Å². The molecule has 3 rings (SSSR count). The molecule has 0 radical (unpaired) electrons. The Balaban J connectivity index is 2.09. The number of carbonyl (C=O) groups excluding carboxylic acids is 1. The number of hydrogen-bond acceptors (Lipinski definition) is 3. The topological polar surface area (TPSA) is 42.0 Å². The number of benzene rings is 2. The van der Waals surface area contributed by atoms with Crippen molar-refractivity contribution in [2.45, 2.75) is 27.3 Å². The minimum absolute atomic E-state index is 0.0125. The number of nitrogens with zero attached hydrogens (tertiary/aromatic N) is 1. The largest absolute Gasteiger partial charge is 0.433 e. The van der Waals surface area contributed by atoms with E-state index in [1.807, 2.05) is 0 Å². The van der Waals surface area contributed by atoms with Crippen molar-refractivity contribution in [1.82, 2.24) is 4.98 Å². The summed E-state index contributed by atoms with van der Waals surface area (Å²) in [5.74, 6) is -4.18. The lowest BCUT2D eigenvalue weighted by Gasteiger charge is -2.32. The van der Waals surface area contributed by atoms with Crippen LogP contribution < -0.4 is 5.32 Å². The number of anilines is 1. The zero-order valence-electron chi connectivity index (χ0n) is 16.2. The first-order chi connectivity index (χ1) is 15.6. The molecule has 14 heteroatoms. The monoisotopic (exact) mass is 592 g/mol. The van der Waals surface area contributed by atoms with Gasteiger partial charge in [0.15, 0.2) is 0 Å². The van der Waals surface area contributed by atoms with Crippen LogP contribution >= 0.6 is 39.3 Å². The lowest BCUT2D eigenvalue weighted by atomic mass is 9.95. The number of carbonyl (C=O) groups is 1. The first kappa shape index (κ1) is 26.5. The number of alkyl halides is 9. The molecule has 1 amide bonds. The number of halogens is 10. The van der Waals surface area contributed by atoms with Gasteiger partial charge in [-0.05, 0) is 46.3 Å². The van der Waals surface area contributed by atoms with Crippen molar-refractivity contribution in [1.29, 1.82) is 0 Å². The highest BCUT2D eigenvalue weighted by Gasteiger charge is 2.71. The molecule has 0 aliphatic heterocycles. The fraction of sp³-hybridized carbons (Fsp3) is 0.200. The zero-order chi connectivity index (χ0) is 25.5. The summed E-state index contributed by atoms with van der Waals surface area (Å²) in [5, 5.41) is 1.98. The number of aromatic nitrogens is 1. The summed E-state index contributed by atoms with van der Waals surface area (Å²) in [4.78, 5) is 10.7. The Hall–Kier alpha value is -2.12. The second-order valence-corrected chi connectivity index (χ2v) is 9.16. The maximum Gasteiger partial charge on any atom is 0.433 e. The summed E-state index contributed by atoms with van der Waals surface area (Å²) in [6.07, 6.45) is -4.69. The maximum atomic E-state index is 14.8. The van der Waals surface area contributed by atoms with Gasteiger partial charge >= 0.3 is 16.7 Å². The second kappa shape index (κ2) is 9.50. The van der Waals surface area contributed by atoms with E-state index in [-0.39, 0.29) is 17.7 Å². The number of pyridine rings is 1. The molecule has 0 fully saturated rings. The molecule has 0 bridgehead atoms. The quantitative estimate of drug-likeness (QED) is 0.178. The Morgan fingerprint density at radius 3 is 2.32 bits per heavy atom. The van der Waals surface area contributed by atoms with Gasteiger partial charge in [-0.1, -0.05) is 35.5 Å². The summed E-state index contributed by atoms with van der Waals surface area (Å²) >= 11 is 6.84. The molecule has 0 saturated carbocycles. The highest BCUT2D eigenvalue weighted by Crippen LogP contribution is 2.56. The van der Waals surface area contributed by atoms with Crippen LogP contribution in [0.25, 0.3) is 10.9 Å². The van der Waals surface area contributed by atoms with Crippen LogP contribution in [0.1, 0.15) is 15.9 Å². The van der Waals surface area contributed by atoms with E-state index >= 15 is 0 Å². The van der Waals surface area contributed by atoms with Crippen LogP contribution in [0, 0.1) is 0 Å². The number of rotatable bonds is 6. The molecule has 1 N–H and O–H groups in total. The minimum atomic E-state index is -6.15. The van der Waals surface area contributed by atoms with Crippen molar-refractivity contribution in [3.63, 3.8) is 0 Å². The van der Waals surface area contributed by atoms with Gasteiger partial charge < -0.3 is 5.32 Å². The molecule has 0 saturated heterocycles. The lowest BCUT2D eigenvalue weighted by molar-refractivity contribution is -0.282. The van der Waals surface area contributed by atoms with Crippen LogP contribution in [0.15, 0.2) is 53.6 Å². The van der Waals surface area contributed by atoms with Gasteiger partial charge in [0.05, 0.1) is 16.2 Å². The van der Waals surface area contributed by atoms with Crippen LogP contribution in [-0.2, 0) is 5.67 Å². The average molecular weight is 594 g/mol. The molecule has 0 spiro atoms. The third kappa shape index (κ3) is 5.10. The van der Waals surface area contributed by atoms with Gasteiger partial charge in [0.2, 0.25) is 0 Å². The molecule has 0 aliphatic rings. The van der Waals surface area contributed by atoms with E-state index in [2.05, 4.69) is 10.3 Å². The van der Waals surface area contributed by atoms with Gasteiger partial charge in [-0.25, -0.2) is 4.39 Å². The molecule has 34 heavy (non-hydrogen) atoms. The van der Waals surface area contributed by atoms with Gasteiger partial charge in [-0.3, -0.25) is 9.78 Å². The normalized spacial score (nSPS) is 14.3. The van der Waals surface area contributed by atoms with E-state index in [4.69, 9.17) is 11.6 Å². The Morgan fingerprint density at radius 1 is 1.06 bits per heavy atom. The first-order valence-electron chi connectivity index (χ1n) is 8.92. The highest BCUT2D eigenvalue weighted by molar-refractivity contribution is 9.10. The molecule has 3 aromatic rings. The van der Waals surface area contributed by atoms with Gasteiger partial charge in [0.1, 0.15) is 0 Å². The number of hydrogen-bond donors (Lipinski definition) is 1. The highest BCUT2D eigenvalue weighted by atomic mass is 79.9. The summed E-state index contributed by atoms with van der Waals surface area (Å²) in [5.41, 5.74) is -7.26. The number of fused-ring (bicyclic) bond motifs is 1. The molecule has 2 aromatic carbocycles. The Kier molecular flexibility index (Phi) is 7.40. The van der Waals surface area contributed by atoms with Crippen LogP contribution in [0.4, 0.5) is 40.8 Å². The van der Waals surface area contributed by atoms with E-state index in [9.17, 15) is 39.9 Å². The van der Waals surface area contributed by atoms with E-state index in [0.717, 1.165) is 0 Å². The molecule has 1 unspecified atom stereocenters. The number of thioether (sulfide) groups is 1. The van der Waals surface area contributed by atoms with E-state index in [1.54, 1.807) is 12.1 Å². The fourth-order valence-corrected chi connectivity index (χ4v) is 4.41. The lowest BCUT2D eigenvalue weighted by Crippen LogP contribution is -2.49. The van der Waals surface area contributed by atoms with E-state index < -0.39 is 61.3 Å². The summed E-state index contributed by atoms with van der Waals surface area (Å²) in [6.45, 7) is 0. The van der Waals surface area contributed by atoms with Crippen molar-refractivity contribution >= 4 is 61.8 Å². The SMILES string of the molecule is O=C(Nc1c(Cl)cc(C(F)(C(F)(F)F)C(F)(F)Br)cc1SC(F)F)c1ccc2cccnc2c1. The van der Waals surface area contributed by atoms with E-state index in [0.29, 0.717) is 10.9 Å². The van der Waals surface area contributed by atoms with Crippen molar-refractivity contribution in [3.8, 4) is 0 Å². The molecule has 0 aliphatic carbocycles. The number of amides is 1. The smallest absolute Gasteiger partial charge is 0.320 e.